The molecule has 0 spiro atoms. The Hall–Kier alpha value is -1.89. The van der Waals surface area contributed by atoms with Gasteiger partial charge in [0.25, 0.3) is 5.91 Å². The smallest absolute Gasteiger partial charge is 0.257 e. The summed E-state index contributed by atoms with van der Waals surface area (Å²) < 4.78 is 1.78. The second-order valence-corrected chi connectivity index (χ2v) is 8.72. The van der Waals surface area contributed by atoms with Gasteiger partial charge in [0, 0.05) is 44.3 Å². The molecule has 2 aliphatic heterocycles. The zero-order valence-electron chi connectivity index (χ0n) is 18.3. The number of likely N-dealkylation sites (tertiary alicyclic amines) is 2. The van der Waals surface area contributed by atoms with Crippen LogP contribution in [0.4, 0.5) is 0 Å². The van der Waals surface area contributed by atoms with E-state index in [1.807, 2.05) is 31.9 Å². The van der Waals surface area contributed by atoms with E-state index in [-0.39, 0.29) is 23.8 Å². The topological polar surface area (TPSA) is 61.7 Å². The number of aryl methyl sites for hydroxylation is 1. The Morgan fingerprint density at radius 2 is 1.97 bits per heavy atom. The maximum atomic E-state index is 13.0. The zero-order chi connectivity index (χ0) is 20.8. The molecule has 3 heterocycles. The quantitative estimate of drug-likeness (QED) is 0.669. The molecule has 3 rings (SSSR count). The average Bonchev–Trinajstić information content (AvgIpc) is 3.42. The number of carbonyl (C=O) groups is 2. The van der Waals surface area contributed by atoms with Crippen LogP contribution in [0.15, 0.2) is 12.4 Å². The van der Waals surface area contributed by atoms with E-state index in [2.05, 4.69) is 14.9 Å². The fourth-order valence-corrected chi connectivity index (χ4v) is 4.50. The van der Waals surface area contributed by atoms with E-state index in [0.717, 1.165) is 45.4 Å². The van der Waals surface area contributed by atoms with Crippen molar-refractivity contribution >= 4 is 11.8 Å². The first kappa shape index (κ1) is 21.8. The van der Waals surface area contributed by atoms with E-state index >= 15 is 0 Å². The van der Waals surface area contributed by atoms with Crippen molar-refractivity contribution in [1.29, 1.82) is 0 Å². The Morgan fingerprint density at radius 3 is 2.62 bits per heavy atom. The van der Waals surface area contributed by atoms with Gasteiger partial charge >= 0.3 is 0 Å². The highest BCUT2D eigenvalue weighted by Gasteiger charge is 2.32. The molecule has 1 aromatic rings. The maximum absolute atomic E-state index is 13.0. The molecule has 0 radical (unpaired) electrons. The maximum Gasteiger partial charge on any atom is 0.257 e. The van der Waals surface area contributed by atoms with Gasteiger partial charge in [0.2, 0.25) is 5.91 Å². The van der Waals surface area contributed by atoms with Gasteiger partial charge < -0.3 is 14.7 Å². The van der Waals surface area contributed by atoms with Crippen molar-refractivity contribution in [2.75, 3.05) is 39.3 Å². The molecule has 2 saturated heterocycles. The number of carbonyl (C=O) groups excluding carboxylic acids is 2. The molecule has 0 bridgehead atoms. The molecule has 0 N–H and O–H groups in total. The first-order chi connectivity index (χ1) is 14.0. The van der Waals surface area contributed by atoms with Gasteiger partial charge in [-0.25, -0.2) is 0 Å². The van der Waals surface area contributed by atoms with Crippen LogP contribution in [0.25, 0.3) is 0 Å². The molecule has 1 unspecified atom stereocenters. The molecule has 162 valence electrons. The molecule has 0 aliphatic carbocycles. The van der Waals surface area contributed by atoms with Gasteiger partial charge in [0.1, 0.15) is 0 Å². The van der Waals surface area contributed by atoms with Crippen molar-refractivity contribution in [3.05, 3.63) is 18.0 Å². The number of aromatic nitrogens is 2. The predicted octanol–water partition coefficient (Wildman–Crippen LogP) is 2.48. The molecule has 7 heteroatoms. The highest BCUT2D eigenvalue weighted by molar-refractivity contribution is 5.93. The third-order valence-corrected chi connectivity index (χ3v) is 6.18. The third kappa shape index (κ3) is 5.59. The Labute approximate surface area is 175 Å². The van der Waals surface area contributed by atoms with E-state index < -0.39 is 0 Å². The van der Waals surface area contributed by atoms with Gasteiger partial charge in [-0.1, -0.05) is 13.8 Å². The summed E-state index contributed by atoms with van der Waals surface area (Å²) in [6.45, 7) is 12.3. The molecular weight excluding hydrogens is 366 g/mol. The first-order valence-corrected chi connectivity index (χ1v) is 11.3. The highest BCUT2D eigenvalue weighted by atomic mass is 16.2. The second-order valence-electron chi connectivity index (χ2n) is 8.72. The molecule has 2 amide bonds. The van der Waals surface area contributed by atoms with Crippen LogP contribution >= 0.6 is 0 Å². The van der Waals surface area contributed by atoms with Crippen LogP contribution in [-0.4, -0.2) is 81.6 Å². The van der Waals surface area contributed by atoms with Crippen molar-refractivity contribution in [1.82, 2.24) is 24.5 Å². The third-order valence-electron chi connectivity index (χ3n) is 6.18. The van der Waals surface area contributed by atoms with Crippen LogP contribution in [0.3, 0.4) is 0 Å². The summed E-state index contributed by atoms with van der Waals surface area (Å²) in [4.78, 5) is 32.4. The van der Waals surface area contributed by atoms with E-state index in [0.29, 0.717) is 12.1 Å². The predicted molar refractivity (Wildman–Crippen MR) is 114 cm³/mol. The molecule has 2 aliphatic rings. The summed E-state index contributed by atoms with van der Waals surface area (Å²) >= 11 is 0. The standard InChI is InChI=1S/C22H37N5O2/c1-4-26-16-19(15-23-26)22(29)25-13-7-9-20(17-25)27(21(28)18(2)3)14-8-12-24-10-5-6-11-24/h15-16,18,20H,4-14,17H2,1-3H3. The Kier molecular flexibility index (Phi) is 7.70. The van der Waals surface area contributed by atoms with Crippen molar-refractivity contribution in [2.24, 2.45) is 5.92 Å². The fourth-order valence-electron chi connectivity index (χ4n) is 4.50. The van der Waals surface area contributed by atoms with Crippen LogP contribution in [-0.2, 0) is 11.3 Å². The van der Waals surface area contributed by atoms with Crippen LogP contribution in [0, 0.1) is 5.92 Å². The van der Waals surface area contributed by atoms with Crippen LogP contribution in [0.5, 0.6) is 0 Å². The van der Waals surface area contributed by atoms with Crippen LogP contribution < -0.4 is 0 Å². The van der Waals surface area contributed by atoms with Gasteiger partial charge in [0.05, 0.1) is 11.8 Å². The molecule has 0 aromatic carbocycles. The SMILES string of the molecule is CCn1cc(C(=O)N2CCCC(N(CCCN3CCCC3)C(=O)C(C)C)C2)cn1. The summed E-state index contributed by atoms with van der Waals surface area (Å²) in [6, 6.07) is 0.113. The molecular formula is C22H37N5O2. The molecule has 1 aromatic heterocycles. The average molecular weight is 404 g/mol. The summed E-state index contributed by atoms with van der Waals surface area (Å²) in [5, 5.41) is 4.23. The van der Waals surface area contributed by atoms with E-state index in [1.165, 1.54) is 25.9 Å². The minimum atomic E-state index is -0.0179. The summed E-state index contributed by atoms with van der Waals surface area (Å²) in [5.41, 5.74) is 0.642. The summed E-state index contributed by atoms with van der Waals surface area (Å²) in [6.07, 6.45) is 8.98. The van der Waals surface area contributed by atoms with Crippen LogP contribution in [0.1, 0.15) is 63.2 Å². The van der Waals surface area contributed by atoms with Crippen molar-refractivity contribution in [3.8, 4) is 0 Å². The largest absolute Gasteiger partial charge is 0.338 e. The number of nitrogens with zero attached hydrogens (tertiary/aromatic N) is 5. The highest BCUT2D eigenvalue weighted by Crippen LogP contribution is 2.21. The lowest BCUT2D eigenvalue weighted by atomic mass is 10.0. The summed E-state index contributed by atoms with van der Waals surface area (Å²) in [7, 11) is 0. The number of rotatable bonds is 8. The zero-order valence-corrected chi connectivity index (χ0v) is 18.3. The van der Waals surface area contributed by atoms with E-state index in [4.69, 9.17) is 0 Å². The Bertz CT molecular complexity index is 680. The summed E-state index contributed by atoms with van der Waals surface area (Å²) in [5.74, 6) is 0.226. The van der Waals surface area contributed by atoms with Gasteiger partial charge in [0.15, 0.2) is 0 Å². The van der Waals surface area contributed by atoms with Gasteiger partial charge in [-0.3, -0.25) is 14.3 Å². The number of hydrogen-bond donors (Lipinski definition) is 0. The lowest BCUT2D eigenvalue weighted by molar-refractivity contribution is -0.138. The molecule has 1 atom stereocenters. The van der Waals surface area contributed by atoms with Gasteiger partial charge in [-0.2, -0.15) is 5.10 Å². The molecule has 2 fully saturated rings. The van der Waals surface area contributed by atoms with Gasteiger partial charge in [-0.15, -0.1) is 0 Å². The number of piperidine rings is 1. The normalized spacial score (nSPS) is 20.4. The lowest BCUT2D eigenvalue weighted by Crippen LogP contribution is -2.53. The van der Waals surface area contributed by atoms with Crippen molar-refractivity contribution in [3.63, 3.8) is 0 Å². The van der Waals surface area contributed by atoms with Crippen molar-refractivity contribution in [2.45, 2.75) is 65.5 Å². The molecule has 7 nitrogen and oxygen atoms in total. The monoisotopic (exact) mass is 403 g/mol. The second kappa shape index (κ2) is 10.2. The minimum absolute atomic E-state index is 0.0179. The van der Waals surface area contributed by atoms with E-state index in [1.54, 1.807) is 10.9 Å². The lowest BCUT2D eigenvalue weighted by Gasteiger charge is -2.40. The van der Waals surface area contributed by atoms with Crippen molar-refractivity contribution < 1.29 is 9.59 Å². The minimum Gasteiger partial charge on any atom is -0.338 e. The van der Waals surface area contributed by atoms with E-state index in [9.17, 15) is 9.59 Å². The molecule has 29 heavy (non-hydrogen) atoms. The Morgan fingerprint density at radius 1 is 1.21 bits per heavy atom. The number of hydrogen-bond acceptors (Lipinski definition) is 4. The number of amides is 2. The van der Waals surface area contributed by atoms with Gasteiger partial charge in [-0.05, 0) is 58.7 Å². The van der Waals surface area contributed by atoms with Crippen LogP contribution in [0.2, 0.25) is 0 Å². The first-order valence-electron chi connectivity index (χ1n) is 11.3. The fraction of sp³-hybridized carbons (Fsp3) is 0.773. The Balaban J connectivity index is 1.62. The molecule has 0 saturated carbocycles.